The van der Waals surface area contributed by atoms with Crippen LogP contribution in [0.25, 0.3) is 0 Å². The van der Waals surface area contributed by atoms with Gasteiger partial charge in [-0.15, -0.1) is 0 Å². The zero-order valence-corrected chi connectivity index (χ0v) is 12.7. The maximum absolute atomic E-state index is 12.7. The molecule has 1 aromatic rings. The van der Waals surface area contributed by atoms with Crippen molar-refractivity contribution >= 4 is 15.7 Å². The molecule has 0 bridgehead atoms. The third-order valence-electron chi connectivity index (χ3n) is 3.65. The number of nitro groups is 1. The predicted octanol–water partition coefficient (Wildman–Crippen LogP) is 1.21. The molecular weight excluding hydrogens is 294 g/mol. The lowest BCUT2D eigenvalue weighted by Crippen LogP contribution is -2.42. The average Bonchev–Trinajstić information content (AvgIpc) is 2.48. The second kappa shape index (κ2) is 6.50. The predicted molar refractivity (Wildman–Crippen MR) is 78.5 cm³/mol. The number of piperidine rings is 1. The highest BCUT2D eigenvalue weighted by Crippen LogP contribution is 2.29. The maximum Gasteiger partial charge on any atom is 0.289 e. The monoisotopic (exact) mass is 313 g/mol. The zero-order valence-electron chi connectivity index (χ0n) is 11.9. The van der Waals surface area contributed by atoms with E-state index in [4.69, 9.17) is 0 Å². The van der Waals surface area contributed by atoms with Gasteiger partial charge in [0.2, 0.25) is 10.0 Å². The third kappa shape index (κ3) is 3.39. The van der Waals surface area contributed by atoms with Crippen molar-refractivity contribution in [2.45, 2.75) is 17.7 Å². The fourth-order valence-electron chi connectivity index (χ4n) is 2.67. The molecule has 1 atom stereocenters. The molecule has 7 nitrogen and oxygen atoms in total. The molecule has 0 spiro atoms. The van der Waals surface area contributed by atoms with E-state index in [2.05, 4.69) is 5.32 Å². The Kier molecular flexibility index (Phi) is 4.92. The van der Waals surface area contributed by atoms with E-state index in [1.165, 1.54) is 28.6 Å². The van der Waals surface area contributed by atoms with Crippen molar-refractivity contribution in [1.82, 2.24) is 9.62 Å². The minimum absolute atomic E-state index is 0.222. The van der Waals surface area contributed by atoms with E-state index in [0.717, 1.165) is 19.4 Å². The lowest BCUT2D eigenvalue weighted by atomic mass is 10.00. The molecule has 1 saturated heterocycles. The minimum Gasteiger partial charge on any atom is -0.319 e. The molecule has 1 aliphatic heterocycles. The molecule has 0 aliphatic carbocycles. The van der Waals surface area contributed by atoms with E-state index in [1.807, 2.05) is 7.05 Å². The van der Waals surface area contributed by atoms with Crippen molar-refractivity contribution < 1.29 is 13.3 Å². The number of nitro benzene ring substituents is 1. The lowest BCUT2D eigenvalue weighted by molar-refractivity contribution is -0.387. The number of sulfonamides is 1. The average molecular weight is 313 g/mol. The van der Waals surface area contributed by atoms with E-state index in [1.54, 1.807) is 0 Å². The molecule has 0 amide bonds. The van der Waals surface area contributed by atoms with Gasteiger partial charge in [-0.05, 0) is 38.4 Å². The molecule has 21 heavy (non-hydrogen) atoms. The molecule has 2 rings (SSSR count). The number of nitrogens with one attached hydrogen (secondary N) is 1. The smallest absolute Gasteiger partial charge is 0.289 e. The molecule has 0 saturated carbocycles. The van der Waals surface area contributed by atoms with Gasteiger partial charge >= 0.3 is 0 Å². The Bertz CT molecular complexity index is 616. The molecular formula is C13H19N3O4S. The van der Waals surface area contributed by atoms with Crippen molar-refractivity contribution in [2.24, 2.45) is 5.92 Å². The van der Waals surface area contributed by atoms with Crippen LogP contribution in [0.15, 0.2) is 29.2 Å². The zero-order chi connectivity index (χ0) is 15.5. The van der Waals surface area contributed by atoms with Crippen molar-refractivity contribution in [1.29, 1.82) is 0 Å². The molecule has 1 aromatic carbocycles. The van der Waals surface area contributed by atoms with Crippen LogP contribution in [-0.4, -0.2) is 44.3 Å². The number of para-hydroxylation sites is 1. The van der Waals surface area contributed by atoms with Gasteiger partial charge in [0.1, 0.15) is 0 Å². The van der Waals surface area contributed by atoms with Crippen LogP contribution in [0, 0.1) is 16.0 Å². The van der Waals surface area contributed by atoms with Crippen LogP contribution < -0.4 is 5.32 Å². The van der Waals surface area contributed by atoms with Crippen molar-refractivity contribution in [3.05, 3.63) is 34.4 Å². The van der Waals surface area contributed by atoms with E-state index in [0.29, 0.717) is 13.1 Å². The number of hydrogen-bond acceptors (Lipinski definition) is 5. The second-order valence-electron chi connectivity index (χ2n) is 5.15. The molecule has 1 heterocycles. The lowest BCUT2D eigenvalue weighted by Gasteiger charge is -2.31. The SMILES string of the molecule is CNCC1CCCN(S(=O)(=O)c2ccccc2[N+](=O)[O-])C1. The van der Waals surface area contributed by atoms with Gasteiger partial charge in [0, 0.05) is 19.2 Å². The topological polar surface area (TPSA) is 92.6 Å². The summed E-state index contributed by atoms with van der Waals surface area (Å²) < 4.78 is 26.7. The van der Waals surface area contributed by atoms with Crippen LogP contribution in [0.4, 0.5) is 5.69 Å². The Morgan fingerprint density at radius 1 is 1.43 bits per heavy atom. The summed E-state index contributed by atoms with van der Waals surface area (Å²) in [5.41, 5.74) is -0.367. The summed E-state index contributed by atoms with van der Waals surface area (Å²) >= 11 is 0. The van der Waals surface area contributed by atoms with E-state index in [-0.39, 0.29) is 16.5 Å². The van der Waals surface area contributed by atoms with Crippen LogP contribution in [0.5, 0.6) is 0 Å². The summed E-state index contributed by atoms with van der Waals surface area (Å²) in [6.07, 6.45) is 1.73. The first-order valence-electron chi connectivity index (χ1n) is 6.85. The summed E-state index contributed by atoms with van der Waals surface area (Å²) in [5, 5.41) is 14.1. The summed E-state index contributed by atoms with van der Waals surface area (Å²) in [4.78, 5) is 10.2. The number of nitrogens with zero attached hydrogens (tertiary/aromatic N) is 2. The standard InChI is InChI=1S/C13H19N3O4S/c1-14-9-11-5-4-8-15(10-11)21(19,20)13-7-3-2-6-12(13)16(17)18/h2-3,6-7,11,14H,4-5,8-10H2,1H3. The first-order chi connectivity index (χ1) is 9.96. The van der Waals surface area contributed by atoms with E-state index >= 15 is 0 Å². The van der Waals surface area contributed by atoms with Gasteiger partial charge in [0.15, 0.2) is 4.90 Å². The molecule has 1 unspecified atom stereocenters. The molecule has 1 N–H and O–H groups in total. The largest absolute Gasteiger partial charge is 0.319 e. The fourth-order valence-corrected chi connectivity index (χ4v) is 4.38. The molecule has 1 aliphatic rings. The first kappa shape index (κ1) is 15.9. The quantitative estimate of drug-likeness (QED) is 0.651. The molecule has 1 fully saturated rings. The molecule has 8 heteroatoms. The third-order valence-corrected chi connectivity index (χ3v) is 5.57. The van der Waals surface area contributed by atoms with Gasteiger partial charge in [0.05, 0.1) is 4.92 Å². The highest BCUT2D eigenvalue weighted by atomic mass is 32.2. The van der Waals surface area contributed by atoms with E-state index in [9.17, 15) is 18.5 Å². The van der Waals surface area contributed by atoms with Crippen molar-refractivity contribution in [3.8, 4) is 0 Å². The number of rotatable bonds is 5. The first-order valence-corrected chi connectivity index (χ1v) is 8.29. The van der Waals surface area contributed by atoms with Crippen LogP contribution in [-0.2, 0) is 10.0 Å². The Labute approximate surface area is 124 Å². The molecule has 0 aromatic heterocycles. The van der Waals surface area contributed by atoms with Crippen LogP contribution in [0.2, 0.25) is 0 Å². The highest BCUT2D eigenvalue weighted by molar-refractivity contribution is 7.89. The maximum atomic E-state index is 12.7. The van der Waals surface area contributed by atoms with Crippen molar-refractivity contribution in [3.63, 3.8) is 0 Å². The van der Waals surface area contributed by atoms with Crippen LogP contribution in [0.1, 0.15) is 12.8 Å². The summed E-state index contributed by atoms with van der Waals surface area (Å²) in [6, 6.07) is 5.50. The Morgan fingerprint density at radius 2 is 2.14 bits per heavy atom. The second-order valence-corrected chi connectivity index (χ2v) is 7.06. The van der Waals surface area contributed by atoms with Crippen LogP contribution in [0.3, 0.4) is 0 Å². The normalized spacial score (nSPS) is 20.3. The van der Waals surface area contributed by atoms with Gasteiger partial charge in [-0.2, -0.15) is 4.31 Å². The molecule has 116 valence electrons. The van der Waals surface area contributed by atoms with E-state index < -0.39 is 14.9 Å². The van der Waals surface area contributed by atoms with Gasteiger partial charge in [-0.25, -0.2) is 8.42 Å². The van der Waals surface area contributed by atoms with Crippen LogP contribution >= 0.6 is 0 Å². The summed E-state index contributed by atoms with van der Waals surface area (Å²) in [7, 11) is -2.00. The summed E-state index contributed by atoms with van der Waals surface area (Å²) in [6.45, 7) is 1.55. The van der Waals surface area contributed by atoms with Crippen molar-refractivity contribution in [2.75, 3.05) is 26.7 Å². The Morgan fingerprint density at radius 3 is 2.81 bits per heavy atom. The van der Waals surface area contributed by atoms with Gasteiger partial charge in [-0.3, -0.25) is 10.1 Å². The minimum atomic E-state index is -3.83. The fraction of sp³-hybridized carbons (Fsp3) is 0.538. The number of benzene rings is 1. The Balaban J connectivity index is 2.32. The molecule has 0 radical (unpaired) electrons. The van der Waals surface area contributed by atoms with Gasteiger partial charge in [0.25, 0.3) is 5.69 Å². The van der Waals surface area contributed by atoms with Gasteiger partial charge < -0.3 is 5.32 Å². The van der Waals surface area contributed by atoms with Gasteiger partial charge in [-0.1, -0.05) is 12.1 Å². The Hall–Kier alpha value is -1.51. The number of hydrogen-bond donors (Lipinski definition) is 1. The summed E-state index contributed by atoms with van der Waals surface area (Å²) in [5.74, 6) is 0.237. The highest BCUT2D eigenvalue weighted by Gasteiger charge is 2.34.